The minimum Gasteiger partial charge on any atom is -0.456 e. The third-order valence-electron chi connectivity index (χ3n) is 2.44. The van der Waals surface area contributed by atoms with E-state index in [-0.39, 0.29) is 4.90 Å². The Bertz CT molecular complexity index is 696. The van der Waals surface area contributed by atoms with Crippen molar-refractivity contribution in [2.45, 2.75) is 4.90 Å². The zero-order valence-electron chi connectivity index (χ0n) is 10.1. The van der Waals surface area contributed by atoms with Gasteiger partial charge in [-0.25, -0.2) is 8.42 Å². The standard InChI is InChI=1S/C13H12INO3S/c1-19(16,17)11-5-3-10(4-6-11)18-13-7-2-9(15)8-12(13)14/h2-8H,15H2,1H3. The van der Waals surface area contributed by atoms with Gasteiger partial charge in [-0.2, -0.15) is 0 Å². The van der Waals surface area contributed by atoms with Crippen molar-refractivity contribution in [2.24, 2.45) is 0 Å². The van der Waals surface area contributed by atoms with Crippen molar-refractivity contribution in [3.8, 4) is 11.5 Å². The molecular formula is C13H12INO3S. The first-order valence-corrected chi connectivity index (χ1v) is 8.36. The van der Waals surface area contributed by atoms with E-state index >= 15 is 0 Å². The highest BCUT2D eigenvalue weighted by Gasteiger charge is 2.08. The van der Waals surface area contributed by atoms with Crippen LogP contribution in [0, 0.1) is 3.57 Å². The highest BCUT2D eigenvalue weighted by Crippen LogP contribution is 2.28. The Labute approximate surface area is 125 Å². The van der Waals surface area contributed by atoms with Crippen LogP contribution in [-0.2, 0) is 9.84 Å². The fraction of sp³-hybridized carbons (Fsp3) is 0.0769. The number of benzene rings is 2. The maximum absolute atomic E-state index is 11.3. The van der Waals surface area contributed by atoms with Crippen molar-refractivity contribution in [1.82, 2.24) is 0 Å². The lowest BCUT2D eigenvalue weighted by Gasteiger charge is -2.08. The van der Waals surface area contributed by atoms with Gasteiger partial charge in [0, 0.05) is 11.9 Å². The second-order valence-corrected chi connectivity index (χ2v) is 7.21. The second kappa shape index (κ2) is 5.38. The van der Waals surface area contributed by atoms with Crippen LogP contribution in [0.4, 0.5) is 5.69 Å². The summed E-state index contributed by atoms with van der Waals surface area (Å²) in [7, 11) is -3.18. The first-order chi connectivity index (χ1) is 8.86. The molecular weight excluding hydrogens is 377 g/mol. The molecule has 2 aromatic carbocycles. The first kappa shape index (κ1) is 14.1. The Balaban J connectivity index is 2.25. The van der Waals surface area contributed by atoms with Crippen LogP contribution in [0.3, 0.4) is 0 Å². The summed E-state index contributed by atoms with van der Waals surface area (Å²) in [4.78, 5) is 0.270. The monoisotopic (exact) mass is 389 g/mol. The molecule has 6 heteroatoms. The summed E-state index contributed by atoms with van der Waals surface area (Å²) in [6.07, 6.45) is 1.17. The molecule has 0 fully saturated rings. The fourth-order valence-electron chi connectivity index (χ4n) is 1.48. The molecule has 0 radical (unpaired) electrons. The maximum atomic E-state index is 11.3. The number of anilines is 1. The summed E-state index contributed by atoms with van der Waals surface area (Å²) in [5, 5.41) is 0. The van der Waals surface area contributed by atoms with Crippen LogP contribution in [0.2, 0.25) is 0 Å². The van der Waals surface area contributed by atoms with Gasteiger partial charge in [0.15, 0.2) is 9.84 Å². The van der Waals surface area contributed by atoms with Crippen LogP contribution < -0.4 is 10.5 Å². The normalized spacial score (nSPS) is 11.3. The Hall–Kier alpha value is -1.28. The van der Waals surface area contributed by atoms with Crippen molar-refractivity contribution in [2.75, 3.05) is 12.0 Å². The number of halogens is 1. The zero-order valence-corrected chi connectivity index (χ0v) is 13.1. The molecule has 0 amide bonds. The van der Waals surface area contributed by atoms with Gasteiger partial charge in [0.25, 0.3) is 0 Å². The van der Waals surface area contributed by atoms with Gasteiger partial charge in [-0.1, -0.05) is 0 Å². The summed E-state index contributed by atoms with van der Waals surface area (Å²) in [6.45, 7) is 0. The summed E-state index contributed by atoms with van der Waals surface area (Å²) < 4.78 is 29.2. The molecule has 0 aromatic heterocycles. The molecule has 0 atom stereocenters. The topological polar surface area (TPSA) is 69.4 Å². The third kappa shape index (κ3) is 3.60. The van der Waals surface area contributed by atoms with E-state index in [0.717, 1.165) is 3.57 Å². The SMILES string of the molecule is CS(=O)(=O)c1ccc(Oc2ccc(N)cc2I)cc1. The summed E-state index contributed by atoms with van der Waals surface area (Å²) in [5.41, 5.74) is 6.33. The van der Waals surface area contributed by atoms with Gasteiger partial charge in [-0.3, -0.25) is 0 Å². The number of hydrogen-bond donors (Lipinski definition) is 1. The Morgan fingerprint density at radius 1 is 1.11 bits per heavy atom. The summed E-state index contributed by atoms with van der Waals surface area (Å²) >= 11 is 2.13. The van der Waals surface area contributed by atoms with E-state index in [9.17, 15) is 8.42 Å². The van der Waals surface area contributed by atoms with Crippen LogP contribution in [0.5, 0.6) is 11.5 Å². The Morgan fingerprint density at radius 2 is 1.74 bits per heavy atom. The minimum absolute atomic E-state index is 0.270. The smallest absolute Gasteiger partial charge is 0.175 e. The van der Waals surface area contributed by atoms with Gasteiger partial charge in [0.05, 0.1) is 8.47 Å². The van der Waals surface area contributed by atoms with Gasteiger partial charge in [0.1, 0.15) is 11.5 Å². The lowest BCUT2D eigenvalue weighted by atomic mass is 10.3. The van der Waals surface area contributed by atoms with Gasteiger partial charge >= 0.3 is 0 Å². The fourth-order valence-corrected chi connectivity index (χ4v) is 2.76. The van der Waals surface area contributed by atoms with Crippen LogP contribution in [0.15, 0.2) is 47.4 Å². The van der Waals surface area contributed by atoms with Gasteiger partial charge in [-0.05, 0) is 65.1 Å². The number of nitrogens with two attached hydrogens (primary N) is 1. The van der Waals surface area contributed by atoms with Crippen LogP contribution in [0.1, 0.15) is 0 Å². The van der Waals surface area contributed by atoms with E-state index in [4.69, 9.17) is 10.5 Å². The molecule has 19 heavy (non-hydrogen) atoms. The van der Waals surface area contributed by atoms with Crippen molar-refractivity contribution in [3.63, 3.8) is 0 Å². The van der Waals surface area contributed by atoms with Crippen LogP contribution >= 0.6 is 22.6 Å². The quantitative estimate of drug-likeness (QED) is 0.647. The molecule has 0 aliphatic carbocycles. The summed E-state index contributed by atoms with van der Waals surface area (Å²) in [6, 6.07) is 11.6. The van der Waals surface area contributed by atoms with Gasteiger partial charge < -0.3 is 10.5 Å². The third-order valence-corrected chi connectivity index (χ3v) is 4.41. The lowest BCUT2D eigenvalue weighted by molar-refractivity contribution is 0.479. The zero-order chi connectivity index (χ0) is 14.0. The predicted octanol–water partition coefficient (Wildman–Crippen LogP) is 3.07. The molecule has 2 rings (SSSR count). The first-order valence-electron chi connectivity index (χ1n) is 5.39. The lowest BCUT2D eigenvalue weighted by Crippen LogP contribution is -1.96. The van der Waals surface area contributed by atoms with Crippen LogP contribution in [-0.4, -0.2) is 14.7 Å². The maximum Gasteiger partial charge on any atom is 0.175 e. The molecule has 100 valence electrons. The van der Waals surface area contributed by atoms with E-state index in [2.05, 4.69) is 22.6 Å². The van der Waals surface area contributed by atoms with Crippen molar-refractivity contribution in [3.05, 3.63) is 46.0 Å². The number of sulfone groups is 1. The van der Waals surface area contributed by atoms with E-state index in [1.807, 2.05) is 0 Å². The Morgan fingerprint density at radius 3 is 2.26 bits per heavy atom. The minimum atomic E-state index is -3.18. The molecule has 0 bridgehead atoms. The van der Waals surface area contributed by atoms with Crippen molar-refractivity contribution in [1.29, 1.82) is 0 Å². The molecule has 0 saturated carbocycles. The largest absolute Gasteiger partial charge is 0.456 e. The number of rotatable bonds is 3. The van der Waals surface area contributed by atoms with E-state index in [0.29, 0.717) is 17.2 Å². The molecule has 0 aliphatic heterocycles. The van der Waals surface area contributed by atoms with Crippen LogP contribution in [0.25, 0.3) is 0 Å². The van der Waals surface area contributed by atoms with E-state index in [1.54, 1.807) is 30.3 Å². The molecule has 2 aromatic rings. The molecule has 0 aliphatic rings. The average Bonchev–Trinajstić information content (AvgIpc) is 2.32. The van der Waals surface area contributed by atoms with Crippen molar-refractivity contribution >= 4 is 38.1 Å². The highest BCUT2D eigenvalue weighted by molar-refractivity contribution is 14.1. The molecule has 0 spiro atoms. The van der Waals surface area contributed by atoms with E-state index in [1.165, 1.54) is 18.4 Å². The predicted molar refractivity (Wildman–Crippen MR) is 83.2 cm³/mol. The van der Waals surface area contributed by atoms with Gasteiger partial charge in [0.2, 0.25) is 0 Å². The molecule has 4 nitrogen and oxygen atoms in total. The van der Waals surface area contributed by atoms with Gasteiger partial charge in [-0.15, -0.1) is 0 Å². The summed E-state index contributed by atoms with van der Waals surface area (Å²) in [5.74, 6) is 1.26. The number of nitrogen functional groups attached to an aromatic ring is 1. The molecule has 0 heterocycles. The average molecular weight is 389 g/mol. The van der Waals surface area contributed by atoms with E-state index < -0.39 is 9.84 Å². The second-order valence-electron chi connectivity index (χ2n) is 4.04. The molecule has 0 unspecified atom stereocenters. The molecule has 2 N–H and O–H groups in total. The number of ether oxygens (including phenoxy) is 1. The highest BCUT2D eigenvalue weighted by atomic mass is 127. The van der Waals surface area contributed by atoms with Crippen molar-refractivity contribution < 1.29 is 13.2 Å². The number of hydrogen-bond acceptors (Lipinski definition) is 4. The Kier molecular flexibility index (Phi) is 4.00. The molecule has 0 saturated heterocycles.